The highest BCUT2D eigenvalue weighted by molar-refractivity contribution is 5.75. The molecule has 0 radical (unpaired) electrons. The SMILES string of the molecule is C=CCN(CCO)C(=O)NC(CC)c1ccc(F)cc1F. The topological polar surface area (TPSA) is 52.6 Å². The Morgan fingerprint density at radius 3 is 2.76 bits per heavy atom. The predicted octanol–water partition coefficient (Wildman–Crippen LogP) is 2.61. The Morgan fingerprint density at radius 2 is 2.24 bits per heavy atom. The molecule has 0 spiro atoms. The van der Waals surface area contributed by atoms with Crippen LogP contribution in [0.2, 0.25) is 0 Å². The number of aliphatic hydroxyl groups is 1. The second-order valence-corrected chi connectivity index (χ2v) is 4.53. The number of urea groups is 1. The number of carbonyl (C=O) groups excluding carboxylic acids is 1. The van der Waals surface area contributed by atoms with Crippen LogP contribution in [0.5, 0.6) is 0 Å². The quantitative estimate of drug-likeness (QED) is 0.760. The molecule has 1 atom stereocenters. The summed E-state index contributed by atoms with van der Waals surface area (Å²) in [7, 11) is 0. The van der Waals surface area contributed by atoms with Crippen molar-refractivity contribution in [3.8, 4) is 0 Å². The first-order valence-electron chi connectivity index (χ1n) is 6.75. The number of nitrogens with one attached hydrogen (secondary N) is 1. The van der Waals surface area contributed by atoms with E-state index in [0.717, 1.165) is 12.1 Å². The smallest absolute Gasteiger partial charge is 0.318 e. The average molecular weight is 298 g/mol. The summed E-state index contributed by atoms with van der Waals surface area (Å²) >= 11 is 0. The number of halogens is 2. The number of aliphatic hydroxyl groups excluding tert-OH is 1. The van der Waals surface area contributed by atoms with Gasteiger partial charge in [0.1, 0.15) is 11.6 Å². The zero-order valence-corrected chi connectivity index (χ0v) is 12.0. The van der Waals surface area contributed by atoms with E-state index in [0.29, 0.717) is 6.42 Å². The third-order valence-electron chi connectivity index (χ3n) is 3.05. The Hall–Kier alpha value is -1.95. The molecule has 21 heavy (non-hydrogen) atoms. The molecule has 0 fully saturated rings. The van der Waals surface area contributed by atoms with E-state index in [2.05, 4.69) is 11.9 Å². The molecule has 0 aliphatic rings. The molecule has 4 nitrogen and oxygen atoms in total. The van der Waals surface area contributed by atoms with Crippen molar-refractivity contribution in [1.29, 1.82) is 0 Å². The molecule has 0 saturated carbocycles. The summed E-state index contributed by atoms with van der Waals surface area (Å²) in [4.78, 5) is 13.5. The molecule has 0 heterocycles. The largest absolute Gasteiger partial charge is 0.395 e. The summed E-state index contributed by atoms with van der Waals surface area (Å²) < 4.78 is 26.7. The second kappa shape index (κ2) is 8.36. The fourth-order valence-corrected chi connectivity index (χ4v) is 1.98. The van der Waals surface area contributed by atoms with Crippen LogP contribution in [-0.4, -0.2) is 35.7 Å². The molecule has 0 bridgehead atoms. The monoisotopic (exact) mass is 298 g/mol. The van der Waals surface area contributed by atoms with E-state index in [4.69, 9.17) is 5.11 Å². The van der Waals surface area contributed by atoms with Gasteiger partial charge in [-0.05, 0) is 12.5 Å². The molecular weight excluding hydrogens is 278 g/mol. The Morgan fingerprint density at radius 1 is 1.52 bits per heavy atom. The van der Waals surface area contributed by atoms with Gasteiger partial charge in [0.15, 0.2) is 0 Å². The van der Waals surface area contributed by atoms with Crippen molar-refractivity contribution in [3.05, 3.63) is 48.1 Å². The van der Waals surface area contributed by atoms with Crippen molar-refractivity contribution >= 4 is 6.03 Å². The minimum absolute atomic E-state index is 0.153. The Labute approximate surface area is 123 Å². The lowest BCUT2D eigenvalue weighted by Gasteiger charge is -2.25. The zero-order valence-electron chi connectivity index (χ0n) is 12.0. The lowest BCUT2D eigenvalue weighted by molar-refractivity contribution is 0.180. The van der Waals surface area contributed by atoms with Crippen LogP contribution in [0.4, 0.5) is 13.6 Å². The minimum atomic E-state index is -0.695. The van der Waals surface area contributed by atoms with E-state index in [1.165, 1.54) is 17.0 Å². The summed E-state index contributed by atoms with van der Waals surface area (Å²) in [5, 5.41) is 11.6. The normalized spacial score (nSPS) is 11.8. The molecule has 0 saturated heterocycles. The van der Waals surface area contributed by atoms with Gasteiger partial charge in [-0.1, -0.05) is 19.1 Å². The van der Waals surface area contributed by atoms with E-state index in [1.807, 2.05) is 0 Å². The van der Waals surface area contributed by atoms with Gasteiger partial charge >= 0.3 is 6.03 Å². The summed E-state index contributed by atoms with van der Waals surface area (Å²) in [5.41, 5.74) is 0.231. The number of benzene rings is 1. The average Bonchev–Trinajstić information content (AvgIpc) is 2.45. The summed E-state index contributed by atoms with van der Waals surface area (Å²) in [5.74, 6) is -1.36. The molecule has 116 valence electrons. The lowest BCUT2D eigenvalue weighted by atomic mass is 10.0. The Balaban J connectivity index is 2.85. The van der Waals surface area contributed by atoms with E-state index < -0.39 is 23.7 Å². The number of rotatable bonds is 7. The van der Waals surface area contributed by atoms with Crippen molar-refractivity contribution in [3.63, 3.8) is 0 Å². The maximum absolute atomic E-state index is 13.8. The van der Waals surface area contributed by atoms with Crippen molar-refractivity contribution in [2.24, 2.45) is 0 Å². The summed E-state index contributed by atoms with van der Waals surface area (Å²) in [6.45, 7) is 5.58. The third-order valence-corrected chi connectivity index (χ3v) is 3.05. The van der Waals surface area contributed by atoms with Crippen molar-refractivity contribution in [2.45, 2.75) is 19.4 Å². The van der Waals surface area contributed by atoms with Crippen LogP contribution in [0.3, 0.4) is 0 Å². The molecule has 2 N–H and O–H groups in total. The van der Waals surface area contributed by atoms with Crippen LogP contribution in [0.1, 0.15) is 24.9 Å². The number of amides is 2. The van der Waals surface area contributed by atoms with E-state index >= 15 is 0 Å². The highest BCUT2D eigenvalue weighted by atomic mass is 19.1. The van der Waals surface area contributed by atoms with Gasteiger partial charge in [-0.15, -0.1) is 6.58 Å². The molecule has 0 aromatic heterocycles. The van der Waals surface area contributed by atoms with Crippen molar-refractivity contribution in [2.75, 3.05) is 19.7 Å². The molecule has 6 heteroatoms. The van der Waals surface area contributed by atoms with Crippen LogP contribution < -0.4 is 5.32 Å². The Kier molecular flexibility index (Phi) is 6.81. The van der Waals surface area contributed by atoms with Crippen LogP contribution in [-0.2, 0) is 0 Å². The number of nitrogens with zero attached hydrogens (tertiary/aromatic N) is 1. The van der Waals surface area contributed by atoms with Gasteiger partial charge in [0.05, 0.1) is 12.6 Å². The number of carbonyl (C=O) groups is 1. The second-order valence-electron chi connectivity index (χ2n) is 4.53. The minimum Gasteiger partial charge on any atom is -0.395 e. The van der Waals surface area contributed by atoms with E-state index in [9.17, 15) is 13.6 Å². The van der Waals surface area contributed by atoms with Gasteiger partial charge < -0.3 is 15.3 Å². The third kappa shape index (κ3) is 4.82. The fraction of sp³-hybridized carbons (Fsp3) is 0.400. The summed E-state index contributed by atoms with van der Waals surface area (Å²) in [6, 6.07) is 2.27. The molecule has 0 aliphatic heterocycles. The van der Waals surface area contributed by atoms with Crippen LogP contribution in [0, 0.1) is 11.6 Å². The predicted molar refractivity (Wildman–Crippen MR) is 76.8 cm³/mol. The highest BCUT2D eigenvalue weighted by Crippen LogP contribution is 2.21. The lowest BCUT2D eigenvalue weighted by Crippen LogP contribution is -2.43. The van der Waals surface area contributed by atoms with Crippen LogP contribution >= 0.6 is 0 Å². The first kappa shape index (κ1) is 17.1. The molecular formula is C15H20F2N2O2. The Bertz CT molecular complexity index is 495. The van der Waals surface area contributed by atoms with Gasteiger partial charge in [-0.3, -0.25) is 0 Å². The molecule has 1 rings (SSSR count). The fourth-order valence-electron chi connectivity index (χ4n) is 1.98. The van der Waals surface area contributed by atoms with E-state index in [-0.39, 0.29) is 25.3 Å². The number of hydrogen-bond acceptors (Lipinski definition) is 2. The molecule has 1 unspecified atom stereocenters. The van der Waals surface area contributed by atoms with Gasteiger partial charge in [0, 0.05) is 24.7 Å². The first-order valence-corrected chi connectivity index (χ1v) is 6.75. The van der Waals surface area contributed by atoms with E-state index in [1.54, 1.807) is 6.92 Å². The standard InChI is InChI=1S/C15H20F2N2O2/c1-3-7-19(8-9-20)15(21)18-14(4-2)12-6-5-11(16)10-13(12)17/h3,5-6,10,14,20H,1,4,7-9H2,2H3,(H,18,21). The zero-order chi connectivity index (χ0) is 15.8. The van der Waals surface area contributed by atoms with Gasteiger partial charge in [-0.25, -0.2) is 13.6 Å². The molecule has 1 aromatic carbocycles. The van der Waals surface area contributed by atoms with Crippen molar-refractivity contribution < 1.29 is 18.7 Å². The van der Waals surface area contributed by atoms with Gasteiger partial charge in [-0.2, -0.15) is 0 Å². The first-order chi connectivity index (χ1) is 10.0. The maximum Gasteiger partial charge on any atom is 0.318 e. The van der Waals surface area contributed by atoms with Crippen molar-refractivity contribution in [1.82, 2.24) is 10.2 Å². The maximum atomic E-state index is 13.8. The highest BCUT2D eigenvalue weighted by Gasteiger charge is 2.20. The van der Waals surface area contributed by atoms with Crippen LogP contribution in [0.15, 0.2) is 30.9 Å². The molecule has 0 aliphatic carbocycles. The summed E-state index contributed by atoms with van der Waals surface area (Å²) in [6.07, 6.45) is 1.99. The number of hydrogen-bond donors (Lipinski definition) is 2. The van der Waals surface area contributed by atoms with Crippen LogP contribution in [0.25, 0.3) is 0 Å². The van der Waals surface area contributed by atoms with Gasteiger partial charge in [0.2, 0.25) is 0 Å². The van der Waals surface area contributed by atoms with Gasteiger partial charge in [0.25, 0.3) is 0 Å². The molecule has 1 aromatic rings. The molecule has 2 amide bonds.